The van der Waals surface area contributed by atoms with Gasteiger partial charge in [0.05, 0.1) is 11.1 Å². The molecule has 15 heavy (non-hydrogen) atoms. The van der Waals surface area contributed by atoms with E-state index in [1.165, 1.54) is 16.7 Å². The Kier molecular flexibility index (Phi) is 2.62. The van der Waals surface area contributed by atoms with E-state index in [0.717, 1.165) is 5.56 Å². The number of thioether (sulfide) groups is 1. The monoisotopic (exact) mass is 239 g/mol. The van der Waals surface area contributed by atoms with Gasteiger partial charge in [-0.05, 0) is 6.08 Å². The van der Waals surface area contributed by atoms with Crippen molar-refractivity contribution in [1.82, 2.24) is 14.7 Å². The molecule has 78 valence electrons. The quantitative estimate of drug-likeness (QED) is 0.546. The van der Waals surface area contributed by atoms with Crippen molar-refractivity contribution in [3.63, 3.8) is 0 Å². The second kappa shape index (κ2) is 3.79. The molecule has 1 aliphatic heterocycles. The maximum Gasteiger partial charge on any atom is 0.265 e. The zero-order valence-corrected chi connectivity index (χ0v) is 9.93. The second-order valence-electron chi connectivity index (χ2n) is 3.19. The molecule has 0 bridgehead atoms. The number of hydrogen-bond acceptors (Lipinski definition) is 4. The van der Waals surface area contributed by atoms with E-state index in [9.17, 15) is 4.79 Å². The molecule has 1 aromatic heterocycles. The maximum absolute atomic E-state index is 11.6. The van der Waals surface area contributed by atoms with E-state index < -0.39 is 0 Å². The molecule has 2 heterocycles. The van der Waals surface area contributed by atoms with Gasteiger partial charge < -0.3 is 0 Å². The molecule has 1 amide bonds. The Bertz CT molecular complexity index is 464. The molecular formula is C9H9N3OS2. The molecule has 1 fully saturated rings. The van der Waals surface area contributed by atoms with E-state index in [1.54, 1.807) is 24.0 Å². The van der Waals surface area contributed by atoms with Crippen molar-refractivity contribution in [1.29, 1.82) is 0 Å². The van der Waals surface area contributed by atoms with Crippen LogP contribution in [0, 0.1) is 0 Å². The van der Waals surface area contributed by atoms with Crippen molar-refractivity contribution < 1.29 is 4.79 Å². The van der Waals surface area contributed by atoms with Gasteiger partial charge in [0.15, 0.2) is 0 Å². The lowest BCUT2D eigenvalue weighted by atomic mass is 10.3. The van der Waals surface area contributed by atoms with Crippen LogP contribution in [0.2, 0.25) is 0 Å². The number of carbonyl (C=O) groups is 1. The summed E-state index contributed by atoms with van der Waals surface area (Å²) in [5.74, 6) is -0.0474. The van der Waals surface area contributed by atoms with Crippen LogP contribution >= 0.6 is 24.0 Å². The highest BCUT2D eigenvalue weighted by molar-refractivity contribution is 8.26. The lowest BCUT2D eigenvalue weighted by Crippen LogP contribution is -2.22. The summed E-state index contributed by atoms with van der Waals surface area (Å²) >= 11 is 6.34. The number of likely N-dealkylation sites (N-methyl/N-ethyl adjacent to an activating group) is 1. The van der Waals surface area contributed by atoms with Crippen LogP contribution in [0.25, 0.3) is 6.08 Å². The van der Waals surface area contributed by atoms with Gasteiger partial charge in [-0.15, -0.1) is 0 Å². The third kappa shape index (κ3) is 1.95. The first-order valence-electron chi connectivity index (χ1n) is 4.28. The summed E-state index contributed by atoms with van der Waals surface area (Å²) in [4.78, 5) is 13.8. The normalized spacial score (nSPS) is 19.3. The first kappa shape index (κ1) is 10.4. The van der Waals surface area contributed by atoms with E-state index in [0.29, 0.717) is 9.23 Å². The molecule has 0 N–H and O–H groups in total. The van der Waals surface area contributed by atoms with E-state index in [1.807, 2.05) is 13.2 Å². The average Bonchev–Trinajstić information content (AvgIpc) is 2.68. The summed E-state index contributed by atoms with van der Waals surface area (Å²) in [6.45, 7) is 0. The number of aromatic nitrogens is 2. The van der Waals surface area contributed by atoms with Gasteiger partial charge in [0.1, 0.15) is 4.32 Å². The first-order valence-corrected chi connectivity index (χ1v) is 5.50. The van der Waals surface area contributed by atoms with Crippen LogP contribution in [0.3, 0.4) is 0 Å². The van der Waals surface area contributed by atoms with Gasteiger partial charge in [-0.3, -0.25) is 14.4 Å². The molecule has 0 atom stereocenters. The Balaban J connectivity index is 2.29. The van der Waals surface area contributed by atoms with Crippen molar-refractivity contribution >= 4 is 40.3 Å². The van der Waals surface area contributed by atoms with Gasteiger partial charge in [0, 0.05) is 25.9 Å². The number of thiocarbonyl (C=S) groups is 1. The van der Waals surface area contributed by atoms with Crippen molar-refractivity contribution in [2.24, 2.45) is 7.05 Å². The number of amides is 1. The highest BCUT2D eigenvalue weighted by Gasteiger charge is 2.28. The van der Waals surface area contributed by atoms with Crippen LogP contribution in [0.1, 0.15) is 5.56 Å². The molecule has 1 aromatic rings. The Labute approximate surface area is 96.9 Å². The largest absolute Gasteiger partial charge is 0.296 e. The molecule has 0 saturated carbocycles. The van der Waals surface area contributed by atoms with Gasteiger partial charge >= 0.3 is 0 Å². The van der Waals surface area contributed by atoms with Gasteiger partial charge in [0.25, 0.3) is 5.91 Å². The van der Waals surface area contributed by atoms with E-state index >= 15 is 0 Å². The minimum atomic E-state index is -0.0474. The van der Waals surface area contributed by atoms with Gasteiger partial charge in [-0.1, -0.05) is 24.0 Å². The summed E-state index contributed by atoms with van der Waals surface area (Å²) in [6.07, 6.45) is 5.36. The predicted octanol–water partition coefficient (Wildman–Crippen LogP) is 1.25. The Morgan fingerprint density at radius 2 is 2.27 bits per heavy atom. The topological polar surface area (TPSA) is 38.1 Å². The molecule has 2 rings (SSSR count). The highest BCUT2D eigenvalue weighted by Crippen LogP contribution is 2.30. The van der Waals surface area contributed by atoms with Crippen molar-refractivity contribution in [3.05, 3.63) is 22.9 Å². The lowest BCUT2D eigenvalue weighted by Gasteiger charge is -2.03. The van der Waals surface area contributed by atoms with Crippen LogP contribution in [0.5, 0.6) is 0 Å². The van der Waals surface area contributed by atoms with Crippen molar-refractivity contribution in [2.45, 2.75) is 0 Å². The van der Waals surface area contributed by atoms with E-state index in [2.05, 4.69) is 5.10 Å². The third-order valence-corrected chi connectivity index (χ3v) is 3.49. The number of nitrogens with zero attached hydrogens (tertiary/aromatic N) is 3. The molecule has 0 unspecified atom stereocenters. The standard InChI is InChI=1S/C9H9N3OS2/c1-11-5-6(4-10-11)3-7-8(13)12(2)9(14)15-7/h3-5H,1-2H3/b7-3+. The molecule has 0 spiro atoms. The van der Waals surface area contributed by atoms with E-state index in [4.69, 9.17) is 12.2 Å². The summed E-state index contributed by atoms with van der Waals surface area (Å²) in [5.41, 5.74) is 0.909. The fourth-order valence-corrected chi connectivity index (χ4v) is 2.39. The fourth-order valence-electron chi connectivity index (χ4n) is 1.21. The van der Waals surface area contributed by atoms with Crippen LogP contribution < -0.4 is 0 Å². The van der Waals surface area contributed by atoms with Crippen LogP contribution in [-0.2, 0) is 11.8 Å². The predicted molar refractivity (Wildman–Crippen MR) is 64.1 cm³/mol. The zero-order chi connectivity index (χ0) is 11.0. The Morgan fingerprint density at radius 1 is 1.53 bits per heavy atom. The van der Waals surface area contributed by atoms with Gasteiger partial charge in [-0.25, -0.2) is 0 Å². The average molecular weight is 239 g/mol. The molecule has 1 saturated heterocycles. The summed E-state index contributed by atoms with van der Waals surface area (Å²) in [6, 6.07) is 0. The SMILES string of the molecule is CN1C(=O)/C(=C\c2cnn(C)c2)SC1=S. The van der Waals surface area contributed by atoms with Crippen molar-refractivity contribution in [3.8, 4) is 0 Å². The molecule has 0 aromatic carbocycles. The van der Waals surface area contributed by atoms with Crippen LogP contribution in [0.4, 0.5) is 0 Å². The zero-order valence-electron chi connectivity index (χ0n) is 8.30. The second-order valence-corrected chi connectivity index (χ2v) is 4.86. The van der Waals surface area contributed by atoms with Crippen molar-refractivity contribution in [2.75, 3.05) is 7.05 Å². The smallest absolute Gasteiger partial charge is 0.265 e. The number of aryl methyl sites for hydroxylation is 1. The maximum atomic E-state index is 11.6. The number of rotatable bonds is 1. The van der Waals surface area contributed by atoms with E-state index in [-0.39, 0.29) is 5.91 Å². The van der Waals surface area contributed by atoms with Crippen LogP contribution in [0.15, 0.2) is 17.3 Å². The summed E-state index contributed by atoms with van der Waals surface area (Å²) < 4.78 is 2.29. The Hall–Kier alpha value is -1.14. The number of hydrogen-bond donors (Lipinski definition) is 0. The summed E-state index contributed by atoms with van der Waals surface area (Å²) in [7, 11) is 3.52. The molecule has 1 aliphatic rings. The minimum absolute atomic E-state index is 0.0474. The molecule has 4 nitrogen and oxygen atoms in total. The highest BCUT2D eigenvalue weighted by atomic mass is 32.2. The fraction of sp³-hybridized carbons (Fsp3) is 0.222. The Morgan fingerprint density at radius 3 is 2.73 bits per heavy atom. The lowest BCUT2D eigenvalue weighted by molar-refractivity contribution is -0.121. The number of carbonyl (C=O) groups excluding carboxylic acids is 1. The van der Waals surface area contributed by atoms with Gasteiger partial charge in [-0.2, -0.15) is 5.10 Å². The molecule has 0 radical (unpaired) electrons. The summed E-state index contributed by atoms with van der Waals surface area (Å²) in [5, 5.41) is 4.03. The molecule has 6 heteroatoms. The first-order chi connectivity index (χ1) is 7.08. The molecule has 0 aliphatic carbocycles. The minimum Gasteiger partial charge on any atom is -0.296 e. The third-order valence-electron chi connectivity index (χ3n) is 2.01. The van der Waals surface area contributed by atoms with Crippen LogP contribution in [-0.4, -0.2) is 32.0 Å². The molecular weight excluding hydrogens is 230 g/mol. The van der Waals surface area contributed by atoms with Gasteiger partial charge in [0.2, 0.25) is 0 Å².